The summed E-state index contributed by atoms with van der Waals surface area (Å²) in [7, 11) is 0. The highest BCUT2D eigenvalue weighted by atomic mass is 16.5. The second-order valence-electron chi connectivity index (χ2n) is 7.15. The monoisotopic (exact) mass is 351 g/mol. The van der Waals surface area contributed by atoms with Gasteiger partial charge in [-0.15, -0.1) is 0 Å². The zero-order chi connectivity index (χ0) is 18.5. The number of carbonyl (C=O) groups is 1. The van der Waals surface area contributed by atoms with Crippen LogP contribution in [0, 0.1) is 18.3 Å². The summed E-state index contributed by atoms with van der Waals surface area (Å²) in [5.41, 5.74) is 2.69. The van der Waals surface area contributed by atoms with E-state index in [0.29, 0.717) is 29.8 Å². The van der Waals surface area contributed by atoms with Gasteiger partial charge in [0.1, 0.15) is 0 Å². The van der Waals surface area contributed by atoms with Gasteiger partial charge in [0.15, 0.2) is 5.78 Å². The molecule has 0 spiro atoms. The Morgan fingerprint density at radius 2 is 2.19 bits per heavy atom. The second-order valence-corrected chi connectivity index (χ2v) is 7.15. The first-order valence-electron chi connectivity index (χ1n) is 9.23. The Morgan fingerprint density at radius 3 is 2.92 bits per heavy atom. The number of nitrogens with zero attached hydrogens (tertiary/aromatic N) is 2. The number of aromatic nitrogens is 2. The third-order valence-electron chi connectivity index (χ3n) is 4.67. The van der Waals surface area contributed by atoms with Crippen molar-refractivity contribution in [2.24, 2.45) is 5.92 Å². The quantitative estimate of drug-likeness (QED) is 0.516. The fraction of sp³-hybridized carbons (Fsp3) is 0.429. The maximum Gasteiger partial charge on any atom is 0.229 e. The largest absolute Gasteiger partial charge is 0.339 e. The van der Waals surface area contributed by atoms with Gasteiger partial charge in [0, 0.05) is 29.5 Å². The van der Waals surface area contributed by atoms with Crippen LogP contribution in [0.15, 0.2) is 40.9 Å². The average Bonchev–Trinajstić information content (AvgIpc) is 3.36. The third-order valence-corrected chi connectivity index (χ3v) is 4.67. The molecule has 26 heavy (non-hydrogen) atoms. The SMILES string of the molecule is Cc1cccc(-c2noc([C@H](C)CCCC(=O)/C=C/C(=N)C3CC3)n2)c1. The molecule has 5 heteroatoms. The van der Waals surface area contributed by atoms with Crippen molar-refractivity contribution < 1.29 is 9.32 Å². The van der Waals surface area contributed by atoms with Gasteiger partial charge in [-0.1, -0.05) is 35.8 Å². The molecule has 0 radical (unpaired) electrons. The Hall–Kier alpha value is -2.56. The third kappa shape index (κ3) is 4.97. The van der Waals surface area contributed by atoms with Crippen molar-refractivity contribution >= 4 is 11.5 Å². The summed E-state index contributed by atoms with van der Waals surface area (Å²) in [6, 6.07) is 8.01. The van der Waals surface area contributed by atoms with E-state index in [0.717, 1.165) is 36.8 Å². The molecule has 0 aliphatic heterocycles. The molecule has 5 nitrogen and oxygen atoms in total. The average molecular weight is 351 g/mol. The molecular formula is C21H25N3O2. The maximum absolute atomic E-state index is 11.9. The first-order valence-corrected chi connectivity index (χ1v) is 9.23. The summed E-state index contributed by atoms with van der Waals surface area (Å²) in [6.07, 6.45) is 7.45. The van der Waals surface area contributed by atoms with Crippen LogP contribution in [0.1, 0.15) is 56.4 Å². The lowest BCUT2D eigenvalue weighted by Gasteiger charge is -2.04. The van der Waals surface area contributed by atoms with Crippen molar-refractivity contribution in [1.29, 1.82) is 5.41 Å². The number of carbonyl (C=O) groups excluding carboxylic acids is 1. The highest BCUT2D eigenvalue weighted by Gasteiger charge is 2.24. The maximum atomic E-state index is 11.9. The van der Waals surface area contributed by atoms with Crippen LogP contribution in [0.25, 0.3) is 11.4 Å². The van der Waals surface area contributed by atoms with Crippen molar-refractivity contribution in [3.8, 4) is 11.4 Å². The highest BCUT2D eigenvalue weighted by molar-refractivity contribution is 6.01. The number of ketones is 1. The van der Waals surface area contributed by atoms with Gasteiger partial charge in [0.2, 0.25) is 11.7 Å². The molecule has 1 aromatic carbocycles. The molecule has 1 N–H and O–H groups in total. The first-order chi connectivity index (χ1) is 12.5. The van der Waals surface area contributed by atoms with E-state index < -0.39 is 0 Å². The lowest BCUT2D eigenvalue weighted by atomic mass is 10.0. The zero-order valence-electron chi connectivity index (χ0n) is 15.4. The van der Waals surface area contributed by atoms with Crippen molar-refractivity contribution in [3.05, 3.63) is 47.9 Å². The van der Waals surface area contributed by atoms with E-state index in [1.807, 2.05) is 38.1 Å². The van der Waals surface area contributed by atoms with E-state index in [4.69, 9.17) is 9.93 Å². The Labute approximate surface area is 154 Å². The Bertz CT molecular complexity index is 818. The van der Waals surface area contributed by atoms with Crippen molar-refractivity contribution in [1.82, 2.24) is 10.1 Å². The summed E-state index contributed by atoms with van der Waals surface area (Å²) in [4.78, 5) is 16.4. The summed E-state index contributed by atoms with van der Waals surface area (Å²) >= 11 is 0. The fourth-order valence-corrected chi connectivity index (χ4v) is 2.84. The van der Waals surface area contributed by atoms with Crippen molar-refractivity contribution in [2.75, 3.05) is 0 Å². The molecule has 1 heterocycles. The van der Waals surface area contributed by atoms with Gasteiger partial charge in [-0.2, -0.15) is 4.98 Å². The molecule has 2 aromatic rings. The minimum absolute atomic E-state index is 0.0774. The van der Waals surface area contributed by atoms with Crippen LogP contribution in [0.4, 0.5) is 0 Å². The van der Waals surface area contributed by atoms with Gasteiger partial charge in [0.25, 0.3) is 0 Å². The number of benzene rings is 1. The molecule has 0 saturated heterocycles. The second kappa shape index (κ2) is 8.21. The number of hydrogen-bond donors (Lipinski definition) is 1. The van der Waals surface area contributed by atoms with Crippen LogP contribution in [-0.4, -0.2) is 21.6 Å². The summed E-state index contributed by atoms with van der Waals surface area (Å²) in [5.74, 6) is 1.79. The van der Waals surface area contributed by atoms with Gasteiger partial charge >= 0.3 is 0 Å². The molecule has 1 fully saturated rings. The van der Waals surface area contributed by atoms with E-state index in [2.05, 4.69) is 10.1 Å². The molecule has 0 bridgehead atoms. The molecule has 1 aliphatic carbocycles. The van der Waals surface area contributed by atoms with E-state index in [1.165, 1.54) is 0 Å². The van der Waals surface area contributed by atoms with Crippen LogP contribution in [0.2, 0.25) is 0 Å². The number of rotatable bonds is 9. The van der Waals surface area contributed by atoms with Crippen molar-refractivity contribution in [3.63, 3.8) is 0 Å². The molecule has 136 valence electrons. The topological polar surface area (TPSA) is 79.8 Å². The lowest BCUT2D eigenvalue weighted by Crippen LogP contribution is -2.00. The summed E-state index contributed by atoms with van der Waals surface area (Å²) in [6.45, 7) is 4.07. The number of hydrogen-bond acceptors (Lipinski definition) is 5. The smallest absolute Gasteiger partial charge is 0.229 e. The molecule has 1 aromatic heterocycles. The van der Waals surface area contributed by atoms with Gasteiger partial charge in [-0.3, -0.25) is 4.79 Å². The summed E-state index contributed by atoms with van der Waals surface area (Å²) in [5, 5.41) is 11.9. The van der Waals surface area contributed by atoms with Crippen LogP contribution < -0.4 is 0 Å². The molecule has 1 atom stereocenters. The fourth-order valence-electron chi connectivity index (χ4n) is 2.84. The van der Waals surface area contributed by atoms with Crippen LogP contribution in [0.3, 0.4) is 0 Å². The predicted octanol–water partition coefficient (Wildman–Crippen LogP) is 4.87. The Balaban J connectivity index is 1.47. The van der Waals surface area contributed by atoms with Gasteiger partial charge in [-0.25, -0.2) is 0 Å². The predicted molar refractivity (Wildman–Crippen MR) is 101 cm³/mol. The van der Waals surface area contributed by atoms with Crippen LogP contribution in [0.5, 0.6) is 0 Å². The van der Waals surface area contributed by atoms with E-state index in [9.17, 15) is 4.79 Å². The molecule has 1 aliphatic rings. The summed E-state index contributed by atoms with van der Waals surface area (Å²) < 4.78 is 5.40. The number of allylic oxidation sites excluding steroid dienone is 2. The van der Waals surface area contributed by atoms with E-state index in [-0.39, 0.29) is 11.7 Å². The zero-order valence-corrected chi connectivity index (χ0v) is 15.4. The Morgan fingerprint density at radius 1 is 1.38 bits per heavy atom. The standard InChI is InChI=1S/C21H25N3O2/c1-14-5-3-7-17(13-14)20-23-21(26-24-20)15(2)6-4-8-18(25)11-12-19(22)16-9-10-16/h3,5,7,11-13,15-16,22H,4,6,8-10H2,1-2H3/b12-11+,22-19?/t15-/m1/s1. The molecule has 0 amide bonds. The lowest BCUT2D eigenvalue weighted by molar-refractivity contribution is -0.114. The van der Waals surface area contributed by atoms with Crippen LogP contribution in [-0.2, 0) is 4.79 Å². The molecular weight excluding hydrogens is 326 g/mol. The highest BCUT2D eigenvalue weighted by Crippen LogP contribution is 2.30. The molecule has 3 rings (SSSR count). The molecule has 0 unspecified atom stereocenters. The normalized spacial score (nSPS) is 15.3. The van der Waals surface area contributed by atoms with Crippen LogP contribution >= 0.6 is 0 Å². The van der Waals surface area contributed by atoms with Gasteiger partial charge in [-0.05, 0) is 50.8 Å². The number of aryl methyl sites for hydroxylation is 1. The Kier molecular flexibility index (Phi) is 5.76. The van der Waals surface area contributed by atoms with Crippen molar-refractivity contribution in [2.45, 2.75) is 51.9 Å². The van der Waals surface area contributed by atoms with E-state index >= 15 is 0 Å². The van der Waals surface area contributed by atoms with Gasteiger partial charge in [0.05, 0.1) is 0 Å². The van der Waals surface area contributed by atoms with E-state index in [1.54, 1.807) is 12.2 Å². The minimum atomic E-state index is 0.0774. The first kappa shape index (κ1) is 18.2. The minimum Gasteiger partial charge on any atom is -0.339 e. The van der Waals surface area contributed by atoms with Gasteiger partial charge < -0.3 is 9.93 Å². The molecule has 1 saturated carbocycles. The number of nitrogens with one attached hydrogen (secondary N) is 1.